The zero-order chi connectivity index (χ0) is 19.6. The number of rotatable bonds is 6. The molecule has 1 aliphatic rings. The molecule has 0 unspecified atom stereocenters. The van der Waals surface area contributed by atoms with Crippen molar-refractivity contribution in [2.75, 3.05) is 6.61 Å². The first-order valence-corrected chi connectivity index (χ1v) is 9.33. The highest BCUT2D eigenvalue weighted by Crippen LogP contribution is 2.42. The number of aromatic amines is 1. The minimum absolute atomic E-state index is 0.0914. The number of aryl methyl sites for hydroxylation is 1. The van der Waals surface area contributed by atoms with Crippen molar-refractivity contribution in [1.82, 2.24) is 4.98 Å². The zero-order valence-electron chi connectivity index (χ0n) is 16.1. The number of nitrogens with one attached hydrogen (secondary N) is 1. The molecule has 0 amide bonds. The molecule has 0 spiro atoms. The molecule has 1 fully saturated rings. The van der Waals surface area contributed by atoms with Gasteiger partial charge in [-0.05, 0) is 44.7 Å². The third-order valence-corrected chi connectivity index (χ3v) is 5.58. The van der Waals surface area contributed by atoms with Gasteiger partial charge in [-0.3, -0.25) is 14.4 Å². The Morgan fingerprint density at radius 2 is 1.70 bits per heavy atom. The molecular weight excluding hydrogens is 342 g/mol. The summed E-state index contributed by atoms with van der Waals surface area (Å²) in [5.41, 5.74) is 2.43. The topological polar surface area (TPSA) is 76.2 Å². The Morgan fingerprint density at radius 1 is 1.07 bits per heavy atom. The second kappa shape index (κ2) is 7.51. The molecule has 1 saturated carbocycles. The van der Waals surface area contributed by atoms with Crippen LogP contribution in [0.2, 0.25) is 0 Å². The Labute approximate surface area is 159 Å². The van der Waals surface area contributed by atoms with Gasteiger partial charge < -0.3 is 9.72 Å². The van der Waals surface area contributed by atoms with Gasteiger partial charge in [0, 0.05) is 11.3 Å². The second-order valence-corrected chi connectivity index (χ2v) is 7.34. The zero-order valence-corrected chi connectivity index (χ0v) is 16.1. The molecule has 1 N–H and O–H groups in total. The minimum atomic E-state index is -0.660. The van der Waals surface area contributed by atoms with E-state index in [1.165, 1.54) is 6.92 Å². The van der Waals surface area contributed by atoms with E-state index < -0.39 is 5.41 Å². The van der Waals surface area contributed by atoms with Crippen molar-refractivity contribution < 1.29 is 19.1 Å². The summed E-state index contributed by atoms with van der Waals surface area (Å²) < 4.78 is 5.47. The number of H-pyrrole nitrogens is 1. The highest BCUT2D eigenvalue weighted by Gasteiger charge is 2.44. The molecule has 5 heteroatoms. The third kappa shape index (κ3) is 3.46. The predicted octanol–water partition coefficient (Wildman–Crippen LogP) is 4.07. The van der Waals surface area contributed by atoms with E-state index in [0.29, 0.717) is 22.5 Å². The van der Waals surface area contributed by atoms with Crippen molar-refractivity contribution in [3.8, 4) is 0 Å². The molecule has 0 bridgehead atoms. The lowest BCUT2D eigenvalue weighted by atomic mass is 9.79. The standard InChI is InChI=1S/C22H25NO4/c1-14-19(16(3)24)15(2)23-20(14)18(25)13-27-21(26)22(11-7-8-12-22)17-9-5-4-6-10-17/h4-6,9-10,23H,7-8,11-13H2,1-3H3. The molecule has 1 aliphatic carbocycles. The lowest BCUT2D eigenvalue weighted by molar-refractivity contribution is -0.149. The summed E-state index contributed by atoms with van der Waals surface area (Å²) in [4.78, 5) is 40.2. The van der Waals surface area contributed by atoms with Crippen LogP contribution < -0.4 is 0 Å². The van der Waals surface area contributed by atoms with Crippen LogP contribution in [0.15, 0.2) is 30.3 Å². The third-order valence-electron chi connectivity index (χ3n) is 5.58. The molecule has 3 rings (SSSR count). The molecule has 1 aromatic heterocycles. The van der Waals surface area contributed by atoms with Gasteiger partial charge in [-0.1, -0.05) is 43.2 Å². The van der Waals surface area contributed by atoms with Crippen LogP contribution in [0.5, 0.6) is 0 Å². The van der Waals surface area contributed by atoms with E-state index in [4.69, 9.17) is 4.74 Å². The summed E-state index contributed by atoms with van der Waals surface area (Å²) in [6, 6.07) is 9.66. The number of aromatic nitrogens is 1. The second-order valence-electron chi connectivity index (χ2n) is 7.34. The Hall–Kier alpha value is -2.69. The highest BCUT2D eigenvalue weighted by molar-refractivity contribution is 6.04. The van der Waals surface area contributed by atoms with Crippen molar-refractivity contribution in [3.63, 3.8) is 0 Å². The molecule has 27 heavy (non-hydrogen) atoms. The van der Waals surface area contributed by atoms with E-state index in [1.807, 2.05) is 30.3 Å². The molecule has 2 aromatic rings. The Bertz CT molecular complexity index is 873. The summed E-state index contributed by atoms with van der Waals surface area (Å²) >= 11 is 0. The van der Waals surface area contributed by atoms with Crippen LogP contribution in [0.3, 0.4) is 0 Å². The molecule has 142 valence electrons. The molecule has 0 saturated heterocycles. The molecule has 5 nitrogen and oxygen atoms in total. The summed E-state index contributed by atoms with van der Waals surface area (Å²) in [5, 5.41) is 0. The van der Waals surface area contributed by atoms with E-state index in [2.05, 4.69) is 4.98 Å². The van der Waals surface area contributed by atoms with Gasteiger partial charge in [-0.25, -0.2) is 0 Å². The fourth-order valence-corrected chi connectivity index (χ4v) is 4.24. The Kier molecular flexibility index (Phi) is 5.31. The van der Waals surface area contributed by atoms with Gasteiger partial charge in [0.15, 0.2) is 12.4 Å². The summed E-state index contributed by atoms with van der Waals surface area (Å²) in [6.45, 7) is 4.64. The van der Waals surface area contributed by atoms with Gasteiger partial charge in [-0.2, -0.15) is 0 Å². The largest absolute Gasteiger partial charge is 0.457 e. The summed E-state index contributed by atoms with van der Waals surface area (Å²) in [7, 11) is 0. The normalized spacial score (nSPS) is 15.5. The highest BCUT2D eigenvalue weighted by atomic mass is 16.5. The maximum absolute atomic E-state index is 12.9. The lowest BCUT2D eigenvalue weighted by Gasteiger charge is -2.27. The fraction of sp³-hybridized carbons (Fsp3) is 0.409. The Morgan fingerprint density at radius 3 is 2.26 bits per heavy atom. The predicted molar refractivity (Wildman–Crippen MR) is 102 cm³/mol. The first-order valence-electron chi connectivity index (χ1n) is 9.33. The van der Waals surface area contributed by atoms with E-state index in [9.17, 15) is 14.4 Å². The molecule has 0 aliphatic heterocycles. The number of benzene rings is 1. The monoisotopic (exact) mass is 367 g/mol. The van der Waals surface area contributed by atoms with Crippen LogP contribution in [0.4, 0.5) is 0 Å². The van der Waals surface area contributed by atoms with E-state index in [0.717, 1.165) is 31.2 Å². The molecular formula is C22H25NO4. The molecule has 0 radical (unpaired) electrons. The van der Waals surface area contributed by atoms with E-state index >= 15 is 0 Å². The van der Waals surface area contributed by atoms with Crippen LogP contribution in [0.25, 0.3) is 0 Å². The van der Waals surface area contributed by atoms with Crippen LogP contribution in [0.1, 0.15) is 70.3 Å². The number of carbonyl (C=O) groups excluding carboxylic acids is 3. The quantitative estimate of drug-likeness (QED) is 0.617. The van der Waals surface area contributed by atoms with E-state index in [-0.39, 0.29) is 24.1 Å². The van der Waals surface area contributed by atoms with Crippen LogP contribution in [0, 0.1) is 13.8 Å². The van der Waals surface area contributed by atoms with Crippen LogP contribution in [-0.4, -0.2) is 29.1 Å². The van der Waals surface area contributed by atoms with Crippen LogP contribution in [-0.2, 0) is 14.9 Å². The van der Waals surface area contributed by atoms with Crippen molar-refractivity contribution >= 4 is 17.5 Å². The van der Waals surface area contributed by atoms with Crippen molar-refractivity contribution in [1.29, 1.82) is 0 Å². The van der Waals surface area contributed by atoms with Gasteiger partial charge in [0.1, 0.15) is 0 Å². The summed E-state index contributed by atoms with van der Waals surface area (Å²) in [5.74, 6) is -0.754. The Balaban J connectivity index is 1.76. The van der Waals surface area contributed by atoms with Gasteiger partial charge in [0.2, 0.25) is 5.78 Å². The van der Waals surface area contributed by atoms with Crippen LogP contribution >= 0.6 is 0 Å². The maximum Gasteiger partial charge on any atom is 0.317 e. The molecule has 1 aromatic carbocycles. The molecule has 1 heterocycles. The number of hydrogen-bond acceptors (Lipinski definition) is 4. The lowest BCUT2D eigenvalue weighted by Crippen LogP contribution is -2.35. The SMILES string of the molecule is CC(=O)c1c(C)[nH]c(C(=O)COC(=O)C2(c3ccccc3)CCCC2)c1C. The summed E-state index contributed by atoms with van der Waals surface area (Å²) in [6.07, 6.45) is 3.40. The van der Waals surface area contributed by atoms with Gasteiger partial charge >= 0.3 is 5.97 Å². The number of ketones is 2. The maximum atomic E-state index is 12.9. The first-order chi connectivity index (χ1) is 12.9. The first kappa shape index (κ1) is 19.1. The number of esters is 1. The van der Waals surface area contributed by atoms with Crippen molar-refractivity contribution in [2.45, 2.75) is 51.9 Å². The number of ether oxygens (including phenoxy) is 1. The van der Waals surface area contributed by atoms with Crippen molar-refractivity contribution in [3.05, 3.63) is 58.4 Å². The minimum Gasteiger partial charge on any atom is -0.457 e. The van der Waals surface area contributed by atoms with E-state index in [1.54, 1.807) is 13.8 Å². The smallest absolute Gasteiger partial charge is 0.317 e. The van der Waals surface area contributed by atoms with Gasteiger partial charge in [0.05, 0.1) is 11.1 Å². The van der Waals surface area contributed by atoms with Gasteiger partial charge in [-0.15, -0.1) is 0 Å². The number of carbonyl (C=O) groups is 3. The molecule has 0 atom stereocenters. The van der Waals surface area contributed by atoms with Crippen molar-refractivity contribution in [2.24, 2.45) is 0 Å². The van der Waals surface area contributed by atoms with Gasteiger partial charge in [0.25, 0.3) is 0 Å². The average molecular weight is 367 g/mol. The average Bonchev–Trinajstić information content (AvgIpc) is 3.25. The fourth-order valence-electron chi connectivity index (χ4n) is 4.24. The number of Topliss-reactive ketones (excluding diaryl/α,β-unsaturated/α-hetero) is 2. The number of hydrogen-bond donors (Lipinski definition) is 1.